The highest BCUT2D eigenvalue weighted by Gasteiger charge is 2.79. The van der Waals surface area contributed by atoms with Crippen molar-refractivity contribution in [3.8, 4) is 5.75 Å². The molecule has 7 nitrogen and oxygen atoms in total. The van der Waals surface area contributed by atoms with Gasteiger partial charge in [-0.2, -0.15) is 26.3 Å². The van der Waals surface area contributed by atoms with E-state index in [1.54, 1.807) is 45.2 Å². The second-order valence-electron chi connectivity index (χ2n) is 4.89. The predicted octanol–water partition coefficient (Wildman–Crippen LogP) is 3.71. The molecule has 0 N–H and O–H groups in total. The van der Waals surface area contributed by atoms with Crippen LogP contribution in [-0.4, -0.2) is 42.2 Å². The molecule has 0 unspecified atom stereocenters. The fraction of sp³-hybridized carbons (Fsp3) is 0.333. The van der Waals surface area contributed by atoms with Crippen molar-refractivity contribution >= 4 is 89.8 Å². The number of carbonyl (C=O) groups is 2. The molecule has 17 heteroatoms. The van der Waals surface area contributed by atoms with Crippen LogP contribution >= 0.6 is 67.8 Å². The van der Waals surface area contributed by atoms with E-state index < -0.39 is 45.8 Å². The van der Waals surface area contributed by atoms with Gasteiger partial charge in [0.25, 0.3) is 0 Å². The molecule has 0 amide bonds. The van der Waals surface area contributed by atoms with E-state index in [0.29, 0.717) is 10.7 Å². The molecular formula is C12H4F6I3O7S-. The SMILES string of the molecule is O=C(CC(=O)OC(C(F)(F)F)(C(F)(F)F)S(=O)(=O)[O-])Oc1c(I)cc(I)cc1I. The number of benzene rings is 1. The number of rotatable bonds is 5. The maximum absolute atomic E-state index is 12.9. The van der Waals surface area contributed by atoms with Crippen molar-refractivity contribution in [2.45, 2.75) is 23.7 Å². The van der Waals surface area contributed by atoms with Gasteiger partial charge in [0.2, 0.25) is 0 Å². The van der Waals surface area contributed by atoms with Crippen molar-refractivity contribution in [3.05, 3.63) is 22.8 Å². The van der Waals surface area contributed by atoms with Crippen LogP contribution in [0.3, 0.4) is 0 Å². The van der Waals surface area contributed by atoms with Crippen LogP contribution in [-0.2, 0) is 24.4 Å². The highest BCUT2D eigenvalue weighted by Crippen LogP contribution is 2.49. The first-order valence-corrected chi connectivity index (χ1v) is 11.1. The summed E-state index contributed by atoms with van der Waals surface area (Å²) in [5.74, 6) is -4.37. The van der Waals surface area contributed by atoms with Gasteiger partial charge in [-0.15, -0.1) is 0 Å². The molecule has 1 aromatic rings. The summed E-state index contributed by atoms with van der Waals surface area (Å²) in [4.78, 5) is 16.8. The summed E-state index contributed by atoms with van der Waals surface area (Å²) in [7, 11) is -7.35. The van der Waals surface area contributed by atoms with Crippen LogP contribution in [0.4, 0.5) is 26.3 Å². The van der Waals surface area contributed by atoms with Gasteiger partial charge >= 0.3 is 29.2 Å². The summed E-state index contributed by atoms with van der Waals surface area (Å²) in [6, 6.07) is 3.01. The smallest absolute Gasteiger partial charge is 0.452 e. The van der Waals surface area contributed by atoms with Crippen LogP contribution in [0.2, 0.25) is 0 Å². The van der Waals surface area contributed by atoms with Gasteiger partial charge in [0.05, 0.1) is 7.14 Å². The molecule has 0 atom stereocenters. The van der Waals surface area contributed by atoms with Crippen molar-refractivity contribution in [1.29, 1.82) is 0 Å². The molecule has 0 bridgehead atoms. The first kappa shape index (κ1) is 26.9. The van der Waals surface area contributed by atoms with Crippen LogP contribution in [0, 0.1) is 10.7 Å². The van der Waals surface area contributed by atoms with E-state index in [9.17, 15) is 48.9 Å². The minimum atomic E-state index is -7.35. The molecule has 0 fully saturated rings. The molecule has 1 aromatic carbocycles. The second-order valence-corrected chi connectivity index (χ2v) is 9.94. The number of alkyl halides is 6. The van der Waals surface area contributed by atoms with Gasteiger partial charge in [0.1, 0.15) is 6.42 Å². The lowest BCUT2D eigenvalue weighted by atomic mass is 10.3. The first-order chi connectivity index (χ1) is 12.8. The molecule has 0 aliphatic carbocycles. The lowest BCUT2D eigenvalue weighted by Gasteiger charge is -2.37. The third-order valence-electron chi connectivity index (χ3n) is 2.82. The van der Waals surface area contributed by atoms with E-state index in [4.69, 9.17) is 4.74 Å². The van der Waals surface area contributed by atoms with Gasteiger partial charge in [0.15, 0.2) is 15.9 Å². The number of hydrogen-bond donors (Lipinski definition) is 0. The molecule has 0 aromatic heterocycles. The molecule has 0 aliphatic rings. The van der Waals surface area contributed by atoms with Crippen LogP contribution in [0.25, 0.3) is 0 Å². The fourth-order valence-electron chi connectivity index (χ4n) is 1.70. The molecule has 0 saturated heterocycles. The van der Waals surface area contributed by atoms with Crippen molar-refractivity contribution in [1.82, 2.24) is 0 Å². The highest BCUT2D eigenvalue weighted by molar-refractivity contribution is 14.1. The number of esters is 2. The summed E-state index contributed by atoms with van der Waals surface area (Å²) in [6.07, 6.45) is -15.6. The minimum Gasteiger partial charge on any atom is -0.744 e. The molecule has 29 heavy (non-hydrogen) atoms. The normalized spacial score (nSPS) is 13.2. The minimum absolute atomic E-state index is 0.140. The Morgan fingerprint density at radius 2 is 1.34 bits per heavy atom. The zero-order valence-electron chi connectivity index (χ0n) is 13.0. The Labute approximate surface area is 199 Å². The topological polar surface area (TPSA) is 110 Å². The molecule has 0 radical (unpaired) electrons. The first-order valence-electron chi connectivity index (χ1n) is 6.49. The van der Waals surface area contributed by atoms with Crippen molar-refractivity contribution in [3.63, 3.8) is 0 Å². The number of carbonyl (C=O) groups excluding carboxylic acids is 2. The number of ether oxygens (including phenoxy) is 2. The molecule has 1 rings (SSSR count). The fourth-order valence-corrected chi connectivity index (χ4v) is 6.27. The number of halogens is 9. The van der Waals surface area contributed by atoms with E-state index in [1.165, 1.54) is 12.1 Å². The maximum Gasteiger partial charge on any atom is 0.452 e. The van der Waals surface area contributed by atoms with Gasteiger partial charge in [-0.1, -0.05) is 0 Å². The van der Waals surface area contributed by atoms with Gasteiger partial charge in [-0.05, 0) is 79.9 Å². The van der Waals surface area contributed by atoms with Gasteiger partial charge < -0.3 is 14.0 Å². The standard InChI is InChI=1S/C12H5F6I3O7S/c13-11(14,15)10(12(16,17)18,29(24,25)26)28-8(23)3-7(22)27-9-5(20)1-4(19)2-6(9)21/h1-2H,3H2,(H,24,25,26)/p-1. The summed E-state index contributed by atoms with van der Waals surface area (Å²) in [5.41, 5.74) is 0. The molecule has 164 valence electrons. The lowest BCUT2D eigenvalue weighted by Crippen LogP contribution is -2.64. The summed E-state index contributed by atoms with van der Waals surface area (Å²) >= 11 is 5.34. The average Bonchev–Trinajstić information content (AvgIpc) is 2.44. The van der Waals surface area contributed by atoms with Crippen molar-refractivity contribution in [2.24, 2.45) is 0 Å². The van der Waals surface area contributed by atoms with E-state index in [1.807, 2.05) is 22.6 Å². The van der Waals surface area contributed by atoms with Crippen LogP contribution in [0.1, 0.15) is 6.42 Å². The Balaban J connectivity index is 3.17. The molecular weight excluding hydrogens is 783 g/mol. The zero-order chi connectivity index (χ0) is 23.0. The summed E-state index contributed by atoms with van der Waals surface area (Å²) in [5, 5.41) is 0. The second kappa shape index (κ2) is 9.14. The molecule has 0 saturated carbocycles. The van der Waals surface area contributed by atoms with Crippen LogP contribution in [0.15, 0.2) is 12.1 Å². The van der Waals surface area contributed by atoms with E-state index in [-0.39, 0.29) is 5.75 Å². The predicted molar refractivity (Wildman–Crippen MR) is 105 cm³/mol. The molecule has 0 heterocycles. The van der Waals surface area contributed by atoms with Crippen molar-refractivity contribution < 1.29 is 58.4 Å². The van der Waals surface area contributed by atoms with E-state index in [2.05, 4.69) is 4.74 Å². The monoisotopic (exact) mass is 787 g/mol. The lowest BCUT2D eigenvalue weighted by molar-refractivity contribution is -0.335. The Kier molecular flexibility index (Phi) is 8.47. The Morgan fingerprint density at radius 3 is 1.69 bits per heavy atom. The van der Waals surface area contributed by atoms with Gasteiger partial charge in [-0.3, -0.25) is 9.59 Å². The molecule has 0 spiro atoms. The third kappa shape index (κ3) is 5.96. The van der Waals surface area contributed by atoms with Crippen LogP contribution < -0.4 is 4.74 Å². The van der Waals surface area contributed by atoms with E-state index in [0.717, 1.165) is 0 Å². The van der Waals surface area contributed by atoms with E-state index >= 15 is 0 Å². The average molecular weight is 787 g/mol. The Hall–Kier alpha value is -0.160. The maximum atomic E-state index is 12.9. The Bertz CT molecular complexity index is 892. The molecule has 0 aliphatic heterocycles. The summed E-state index contributed by atoms with van der Waals surface area (Å²) < 4.78 is 119. The quantitative estimate of drug-likeness (QED) is 0.112. The number of hydrogen-bond acceptors (Lipinski definition) is 7. The highest BCUT2D eigenvalue weighted by atomic mass is 127. The van der Waals surface area contributed by atoms with Gasteiger partial charge in [-0.25, -0.2) is 8.42 Å². The Morgan fingerprint density at radius 1 is 0.931 bits per heavy atom. The third-order valence-corrected chi connectivity index (χ3v) is 6.30. The van der Waals surface area contributed by atoms with Gasteiger partial charge in [0, 0.05) is 3.57 Å². The zero-order valence-corrected chi connectivity index (χ0v) is 20.3. The van der Waals surface area contributed by atoms with Crippen LogP contribution in [0.5, 0.6) is 5.75 Å². The van der Waals surface area contributed by atoms with Crippen molar-refractivity contribution in [2.75, 3.05) is 0 Å². The summed E-state index contributed by atoms with van der Waals surface area (Å²) in [6.45, 7) is 0. The largest absolute Gasteiger partial charge is 0.744 e.